The van der Waals surface area contributed by atoms with E-state index in [4.69, 9.17) is 16.3 Å². The highest BCUT2D eigenvalue weighted by molar-refractivity contribution is 6.28. The van der Waals surface area contributed by atoms with Crippen molar-refractivity contribution < 1.29 is 9.53 Å². The minimum atomic E-state index is 0.0235. The zero-order chi connectivity index (χ0) is 17.9. The number of nitrogens with zero attached hydrogens (tertiary/aromatic N) is 3. The van der Waals surface area contributed by atoms with Gasteiger partial charge in [0.25, 0.3) is 5.91 Å². The number of hydrogen-bond donors (Lipinski definition) is 1. The second-order valence-electron chi connectivity index (χ2n) is 5.97. The van der Waals surface area contributed by atoms with Crippen LogP contribution in [0.25, 0.3) is 10.9 Å². The van der Waals surface area contributed by atoms with Crippen LogP contribution in [0.5, 0.6) is 0 Å². The fourth-order valence-corrected chi connectivity index (χ4v) is 3.10. The molecular formula is C19H17ClN4O2. The number of morpholine rings is 1. The number of rotatable bonds is 3. The number of nitrogens with one attached hydrogen (secondary N) is 1. The molecule has 0 spiro atoms. The van der Waals surface area contributed by atoms with Crippen molar-refractivity contribution in [2.24, 2.45) is 0 Å². The fraction of sp³-hybridized carbons (Fsp3) is 0.211. The van der Waals surface area contributed by atoms with Crippen molar-refractivity contribution in [1.29, 1.82) is 0 Å². The number of ether oxygens (including phenoxy) is 1. The van der Waals surface area contributed by atoms with Crippen LogP contribution in [0.4, 0.5) is 11.5 Å². The second kappa shape index (κ2) is 7.27. The van der Waals surface area contributed by atoms with Gasteiger partial charge in [0.15, 0.2) is 0 Å². The van der Waals surface area contributed by atoms with E-state index in [1.807, 2.05) is 53.4 Å². The minimum absolute atomic E-state index is 0.0235. The molecule has 0 bridgehead atoms. The zero-order valence-corrected chi connectivity index (χ0v) is 14.7. The van der Waals surface area contributed by atoms with E-state index in [-0.39, 0.29) is 11.2 Å². The smallest absolute Gasteiger partial charge is 0.254 e. The lowest BCUT2D eigenvalue weighted by molar-refractivity contribution is 0.0303. The first-order valence-electron chi connectivity index (χ1n) is 8.37. The van der Waals surface area contributed by atoms with Gasteiger partial charge in [0, 0.05) is 29.7 Å². The summed E-state index contributed by atoms with van der Waals surface area (Å²) in [6.45, 7) is 2.44. The SMILES string of the molecule is O=C(c1ccc(Nc2nc(Cl)nc3ccccc23)cc1)N1CCOCC1. The number of para-hydroxylation sites is 1. The van der Waals surface area contributed by atoms with E-state index < -0.39 is 0 Å². The molecule has 0 aliphatic carbocycles. The summed E-state index contributed by atoms with van der Waals surface area (Å²) in [5.41, 5.74) is 2.25. The van der Waals surface area contributed by atoms with E-state index in [1.54, 1.807) is 0 Å². The lowest BCUT2D eigenvalue weighted by Crippen LogP contribution is -2.40. The van der Waals surface area contributed by atoms with Gasteiger partial charge in [-0.15, -0.1) is 0 Å². The number of anilines is 2. The van der Waals surface area contributed by atoms with Gasteiger partial charge in [-0.2, -0.15) is 4.98 Å². The average molecular weight is 369 g/mol. The maximum Gasteiger partial charge on any atom is 0.254 e. The predicted octanol–water partition coefficient (Wildman–Crippen LogP) is 3.50. The molecule has 1 aliphatic heterocycles. The fourth-order valence-electron chi connectivity index (χ4n) is 2.93. The largest absolute Gasteiger partial charge is 0.378 e. The number of carbonyl (C=O) groups excluding carboxylic acids is 1. The highest BCUT2D eigenvalue weighted by atomic mass is 35.5. The van der Waals surface area contributed by atoms with E-state index in [0.717, 1.165) is 16.6 Å². The van der Waals surface area contributed by atoms with Crippen molar-refractivity contribution in [3.8, 4) is 0 Å². The van der Waals surface area contributed by atoms with Crippen LogP contribution in [0.3, 0.4) is 0 Å². The van der Waals surface area contributed by atoms with Gasteiger partial charge < -0.3 is 15.0 Å². The third kappa shape index (κ3) is 3.47. The maximum atomic E-state index is 12.5. The van der Waals surface area contributed by atoms with Gasteiger partial charge in [0.05, 0.1) is 18.7 Å². The first-order chi connectivity index (χ1) is 12.7. The standard InChI is InChI=1S/C19H17ClN4O2/c20-19-22-16-4-2-1-3-15(16)17(23-19)21-14-7-5-13(6-8-14)18(25)24-9-11-26-12-10-24/h1-8H,9-12H2,(H,21,22,23). The molecule has 1 aromatic heterocycles. The summed E-state index contributed by atoms with van der Waals surface area (Å²) in [6, 6.07) is 15.0. The average Bonchev–Trinajstić information content (AvgIpc) is 2.68. The van der Waals surface area contributed by atoms with Crippen LogP contribution in [0.2, 0.25) is 5.28 Å². The number of amides is 1. The highest BCUT2D eigenvalue weighted by Gasteiger charge is 2.18. The van der Waals surface area contributed by atoms with E-state index in [2.05, 4.69) is 15.3 Å². The third-order valence-electron chi connectivity index (χ3n) is 4.27. The molecule has 0 unspecified atom stereocenters. The van der Waals surface area contributed by atoms with Crippen molar-refractivity contribution in [3.63, 3.8) is 0 Å². The normalized spacial score (nSPS) is 14.4. The van der Waals surface area contributed by atoms with Gasteiger partial charge in [-0.25, -0.2) is 4.98 Å². The molecule has 3 aromatic rings. The molecule has 0 atom stereocenters. The Hall–Kier alpha value is -2.70. The summed E-state index contributed by atoms with van der Waals surface area (Å²) in [6.07, 6.45) is 0. The van der Waals surface area contributed by atoms with Gasteiger partial charge in [-0.05, 0) is 48.0 Å². The zero-order valence-electron chi connectivity index (χ0n) is 14.0. The Kier molecular flexibility index (Phi) is 4.69. The van der Waals surface area contributed by atoms with E-state index in [1.165, 1.54) is 0 Å². The van der Waals surface area contributed by atoms with Crippen LogP contribution in [0.15, 0.2) is 48.5 Å². The first-order valence-corrected chi connectivity index (χ1v) is 8.75. The summed E-state index contributed by atoms with van der Waals surface area (Å²) in [5.74, 6) is 0.656. The van der Waals surface area contributed by atoms with Crippen molar-refractivity contribution in [2.45, 2.75) is 0 Å². The van der Waals surface area contributed by atoms with Gasteiger partial charge in [0.2, 0.25) is 5.28 Å². The molecule has 7 heteroatoms. The van der Waals surface area contributed by atoms with Crippen LogP contribution >= 0.6 is 11.6 Å². The molecular weight excluding hydrogens is 352 g/mol. The monoisotopic (exact) mass is 368 g/mol. The molecule has 2 heterocycles. The number of halogens is 1. The van der Waals surface area contributed by atoms with E-state index in [9.17, 15) is 4.79 Å². The van der Waals surface area contributed by atoms with Gasteiger partial charge in [-0.1, -0.05) is 12.1 Å². The van der Waals surface area contributed by atoms with Crippen molar-refractivity contribution >= 4 is 39.9 Å². The number of hydrogen-bond acceptors (Lipinski definition) is 5. The Morgan fingerprint density at radius 3 is 2.54 bits per heavy atom. The van der Waals surface area contributed by atoms with Gasteiger partial charge in [0.1, 0.15) is 5.82 Å². The van der Waals surface area contributed by atoms with Crippen molar-refractivity contribution in [3.05, 3.63) is 59.4 Å². The molecule has 1 aliphatic rings. The summed E-state index contributed by atoms with van der Waals surface area (Å²) >= 11 is 6.02. The quantitative estimate of drug-likeness (QED) is 0.717. The van der Waals surface area contributed by atoms with Crippen LogP contribution in [-0.4, -0.2) is 47.1 Å². The summed E-state index contributed by atoms with van der Waals surface area (Å²) in [4.78, 5) is 22.8. The molecule has 0 radical (unpaired) electrons. The van der Waals surface area contributed by atoms with Gasteiger partial charge >= 0.3 is 0 Å². The van der Waals surface area contributed by atoms with Crippen LogP contribution in [-0.2, 0) is 4.74 Å². The highest BCUT2D eigenvalue weighted by Crippen LogP contribution is 2.25. The number of aromatic nitrogens is 2. The number of carbonyl (C=O) groups is 1. The molecule has 132 valence electrons. The Bertz CT molecular complexity index is 940. The predicted molar refractivity (Wildman–Crippen MR) is 101 cm³/mol. The molecule has 1 fully saturated rings. The third-order valence-corrected chi connectivity index (χ3v) is 4.44. The topological polar surface area (TPSA) is 67.4 Å². The van der Waals surface area contributed by atoms with Crippen LogP contribution in [0.1, 0.15) is 10.4 Å². The Balaban J connectivity index is 1.55. The Labute approximate surface area is 155 Å². The maximum absolute atomic E-state index is 12.5. The summed E-state index contributed by atoms with van der Waals surface area (Å²) < 4.78 is 5.29. The Morgan fingerprint density at radius 2 is 1.77 bits per heavy atom. The number of fused-ring (bicyclic) bond motifs is 1. The van der Waals surface area contributed by atoms with Crippen LogP contribution < -0.4 is 5.32 Å². The van der Waals surface area contributed by atoms with Crippen molar-refractivity contribution in [2.75, 3.05) is 31.6 Å². The molecule has 1 N–H and O–H groups in total. The van der Waals surface area contributed by atoms with Gasteiger partial charge in [-0.3, -0.25) is 4.79 Å². The molecule has 2 aromatic carbocycles. The van der Waals surface area contributed by atoms with E-state index >= 15 is 0 Å². The summed E-state index contributed by atoms with van der Waals surface area (Å²) in [7, 11) is 0. The molecule has 0 saturated carbocycles. The van der Waals surface area contributed by atoms with E-state index in [0.29, 0.717) is 37.7 Å². The summed E-state index contributed by atoms with van der Waals surface area (Å²) in [5, 5.41) is 4.32. The van der Waals surface area contributed by atoms with Crippen molar-refractivity contribution in [1.82, 2.24) is 14.9 Å². The minimum Gasteiger partial charge on any atom is -0.378 e. The number of benzene rings is 2. The molecule has 6 nitrogen and oxygen atoms in total. The second-order valence-corrected chi connectivity index (χ2v) is 6.30. The first kappa shape index (κ1) is 16.8. The molecule has 1 saturated heterocycles. The van der Waals surface area contributed by atoms with Crippen LogP contribution in [0, 0.1) is 0 Å². The molecule has 26 heavy (non-hydrogen) atoms. The Morgan fingerprint density at radius 1 is 1.04 bits per heavy atom. The lowest BCUT2D eigenvalue weighted by atomic mass is 10.1. The molecule has 1 amide bonds. The molecule has 4 rings (SSSR count). The lowest BCUT2D eigenvalue weighted by Gasteiger charge is -2.26.